The summed E-state index contributed by atoms with van der Waals surface area (Å²) in [7, 11) is 0. The summed E-state index contributed by atoms with van der Waals surface area (Å²) in [5.74, 6) is -1.05. The average Bonchev–Trinajstić information content (AvgIpc) is 2.85. The third-order valence-corrected chi connectivity index (χ3v) is 3.71. The molecule has 1 amide bonds. The lowest BCUT2D eigenvalue weighted by molar-refractivity contribution is -0.142. The van der Waals surface area contributed by atoms with Gasteiger partial charge in [-0.2, -0.15) is 0 Å². The van der Waals surface area contributed by atoms with E-state index in [0.29, 0.717) is 26.1 Å². The van der Waals surface area contributed by atoms with Gasteiger partial charge in [0.2, 0.25) is 5.91 Å². The Balaban J connectivity index is 1.99. The second-order valence-corrected chi connectivity index (χ2v) is 5.06. The van der Waals surface area contributed by atoms with Crippen LogP contribution in [0.3, 0.4) is 0 Å². The minimum Gasteiger partial charge on any atom is -0.481 e. The van der Waals surface area contributed by atoms with E-state index in [4.69, 9.17) is 5.11 Å². The number of hydrogen-bond acceptors (Lipinski definition) is 3. The molecule has 2 rings (SSSR count). The summed E-state index contributed by atoms with van der Waals surface area (Å²) in [6.45, 7) is 4.51. The van der Waals surface area contributed by atoms with Crippen molar-refractivity contribution < 1.29 is 14.7 Å². The molecule has 0 bridgehead atoms. The maximum absolute atomic E-state index is 12.2. The molecule has 5 nitrogen and oxygen atoms in total. The van der Waals surface area contributed by atoms with Gasteiger partial charge in [-0.05, 0) is 26.3 Å². The van der Waals surface area contributed by atoms with Gasteiger partial charge in [-0.25, -0.2) is 0 Å². The third-order valence-electron chi connectivity index (χ3n) is 3.71. The predicted molar refractivity (Wildman–Crippen MR) is 57.9 cm³/mol. The van der Waals surface area contributed by atoms with Crippen LogP contribution in [0.2, 0.25) is 0 Å². The van der Waals surface area contributed by atoms with Gasteiger partial charge in [0.15, 0.2) is 0 Å². The number of amides is 1. The van der Waals surface area contributed by atoms with Crippen molar-refractivity contribution in [3.05, 3.63) is 0 Å². The van der Waals surface area contributed by atoms with E-state index in [1.165, 1.54) is 0 Å². The molecule has 2 atom stereocenters. The number of carbonyl (C=O) groups is 2. The molecule has 2 aliphatic heterocycles. The smallest absolute Gasteiger partial charge is 0.308 e. The van der Waals surface area contributed by atoms with Crippen molar-refractivity contribution in [1.82, 2.24) is 10.2 Å². The minimum absolute atomic E-state index is 0.112. The maximum atomic E-state index is 12.2. The van der Waals surface area contributed by atoms with Crippen molar-refractivity contribution in [2.75, 3.05) is 26.2 Å². The Morgan fingerprint density at radius 3 is 2.75 bits per heavy atom. The summed E-state index contributed by atoms with van der Waals surface area (Å²) in [5.41, 5.74) is -0.326. The number of nitrogens with one attached hydrogen (secondary N) is 1. The zero-order chi connectivity index (χ0) is 11.8. The van der Waals surface area contributed by atoms with Gasteiger partial charge in [-0.15, -0.1) is 0 Å². The zero-order valence-electron chi connectivity index (χ0n) is 9.53. The summed E-state index contributed by atoms with van der Waals surface area (Å²) in [6, 6.07) is 0. The Kier molecular flexibility index (Phi) is 2.88. The van der Waals surface area contributed by atoms with Gasteiger partial charge in [-0.3, -0.25) is 9.59 Å². The molecule has 0 aromatic rings. The molecule has 0 aromatic heterocycles. The van der Waals surface area contributed by atoms with E-state index in [1.54, 1.807) is 4.90 Å². The van der Waals surface area contributed by atoms with E-state index in [0.717, 1.165) is 13.0 Å². The molecular formula is C11H18N2O3. The number of rotatable bonds is 2. The van der Waals surface area contributed by atoms with Crippen LogP contribution in [0.15, 0.2) is 0 Å². The van der Waals surface area contributed by atoms with Crippen molar-refractivity contribution in [3.63, 3.8) is 0 Å². The van der Waals surface area contributed by atoms with Crippen molar-refractivity contribution in [2.45, 2.75) is 19.8 Å². The lowest BCUT2D eigenvalue weighted by Crippen LogP contribution is -2.42. The number of nitrogens with zero attached hydrogens (tertiary/aromatic N) is 1. The normalized spacial score (nSPS) is 34.3. The van der Waals surface area contributed by atoms with Gasteiger partial charge in [0.1, 0.15) is 0 Å². The number of carboxylic acid groups (broad SMARTS) is 1. The van der Waals surface area contributed by atoms with E-state index < -0.39 is 5.97 Å². The van der Waals surface area contributed by atoms with Gasteiger partial charge in [-0.1, -0.05) is 0 Å². The number of aliphatic carboxylic acids is 1. The van der Waals surface area contributed by atoms with Crippen LogP contribution >= 0.6 is 0 Å². The number of carbonyl (C=O) groups excluding carboxylic acids is 1. The lowest BCUT2D eigenvalue weighted by atomic mass is 9.88. The Hall–Kier alpha value is -1.10. The van der Waals surface area contributed by atoms with Crippen LogP contribution in [0.4, 0.5) is 0 Å². The molecule has 0 aromatic carbocycles. The monoisotopic (exact) mass is 226 g/mol. The van der Waals surface area contributed by atoms with E-state index >= 15 is 0 Å². The van der Waals surface area contributed by atoms with Gasteiger partial charge in [0, 0.05) is 19.6 Å². The molecule has 16 heavy (non-hydrogen) atoms. The average molecular weight is 226 g/mol. The van der Waals surface area contributed by atoms with Crippen LogP contribution in [0.1, 0.15) is 19.8 Å². The standard InChI is InChI=1S/C11H18N2O3/c1-11(3-4-12-7-11)10(16)13-5-2-8(6-13)9(14)15/h8,12H,2-7H2,1H3,(H,14,15). The maximum Gasteiger partial charge on any atom is 0.308 e. The molecule has 2 unspecified atom stereocenters. The van der Waals surface area contributed by atoms with Crippen LogP contribution in [-0.4, -0.2) is 48.1 Å². The Bertz CT molecular complexity index is 310. The highest BCUT2D eigenvalue weighted by Crippen LogP contribution is 2.29. The van der Waals surface area contributed by atoms with E-state index in [2.05, 4.69) is 5.32 Å². The molecule has 2 N–H and O–H groups in total. The van der Waals surface area contributed by atoms with E-state index in [9.17, 15) is 9.59 Å². The molecule has 0 radical (unpaired) electrons. The summed E-state index contributed by atoms with van der Waals surface area (Å²) in [5, 5.41) is 12.1. The van der Waals surface area contributed by atoms with Gasteiger partial charge < -0.3 is 15.3 Å². The molecule has 2 heterocycles. The first-order chi connectivity index (χ1) is 7.53. The zero-order valence-corrected chi connectivity index (χ0v) is 9.53. The van der Waals surface area contributed by atoms with Crippen molar-refractivity contribution in [1.29, 1.82) is 0 Å². The van der Waals surface area contributed by atoms with Crippen LogP contribution in [0.25, 0.3) is 0 Å². The van der Waals surface area contributed by atoms with Gasteiger partial charge in [0.25, 0.3) is 0 Å². The fraction of sp³-hybridized carbons (Fsp3) is 0.818. The van der Waals surface area contributed by atoms with Gasteiger partial charge in [0.05, 0.1) is 11.3 Å². The second kappa shape index (κ2) is 4.05. The molecule has 2 saturated heterocycles. The SMILES string of the molecule is CC1(C(=O)N2CCC(C(=O)O)C2)CCNC1. The van der Waals surface area contributed by atoms with E-state index in [1.807, 2.05) is 6.92 Å². The first kappa shape index (κ1) is 11.4. The fourth-order valence-electron chi connectivity index (χ4n) is 2.53. The summed E-state index contributed by atoms with van der Waals surface area (Å²) in [6.07, 6.45) is 1.44. The molecule has 2 fully saturated rings. The van der Waals surface area contributed by atoms with Crippen molar-refractivity contribution in [3.8, 4) is 0 Å². The third kappa shape index (κ3) is 1.91. The highest BCUT2D eigenvalue weighted by atomic mass is 16.4. The molecule has 5 heteroatoms. The lowest BCUT2D eigenvalue weighted by Gasteiger charge is -2.27. The molecule has 2 aliphatic rings. The van der Waals surface area contributed by atoms with E-state index in [-0.39, 0.29) is 17.2 Å². The molecule has 90 valence electrons. The highest BCUT2D eigenvalue weighted by Gasteiger charge is 2.42. The fourth-order valence-corrected chi connectivity index (χ4v) is 2.53. The Morgan fingerprint density at radius 1 is 1.50 bits per heavy atom. The number of likely N-dealkylation sites (tertiary alicyclic amines) is 1. The first-order valence-electron chi connectivity index (χ1n) is 5.76. The van der Waals surface area contributed by atoms with Gasteiger partial charge >= 0.3 is 5.97 Å². The Labute approximate surface area is 94.8 Å². The predicted octanol–water partition coefficient (Wildman–Crippen LogP) is -0.0809. The minimum atomic E-state index is -0.787. The second-order valence-electron chi connectivity index (χ2n) is 5.06. The van der Waals surface area contributed by atoms with Crippen LogP contribution in [0, 0.1) is 11.3 Å². The topological polar surface area (TPSA) is 69.6 Å². The summed E-state index contributed by atoms with van der Waals surface area (Å²) < 4.78 is 0. The Morgan fingerprint density at radius 2 is 2.25 bits per heavy atom. The van der Waals surface area contributed by atoms with Crippen LogP contribution in [0.5, 0.6) is 0 Å². The molecule has 0 spiro atoms. The summed E-state index contributed by atoms with van der Waals surface area (Å²) >= 11 is 0. The first-order valence-corrected chi connectivity index (χ1v) is 5.76. The van der Waals surface area contributed by atoms with Crippen molar-refractivity contribution in [2.24, 2.45) is 11.3 Å². The van der Waals surface area contributed by atoms with Crippen LogP contribution in [-0.2, 0) is 9.59 Å². The quantitative estimate of drug-likeness (QED) is 0.691. The van der Waals surface area contributed by atoms with Crippen molar-refractivity contribution >= 4 is 11.9 Å². The molecular weight excluding hydrogens is 208 g/mol. The molecule has 0 aliphatic carbocycles. The highest BCUT2D eigenvalue weighted by molar-refractivity contribution is 5.84. The van der Waals surface area contributed by atoms with Crippen LogP contribution < -0.4 is 5.32 Å². The number of hydrogen-bond donors (Lipinski definition) is 2. The number of carboxylic acids is 1. The largest absolute Gasteiger partial charge is 0.481 e. The summed E-state index contributed by atoms with van der Waals surface area (Å²) in [4.78, 5) is 24.8. The molecule has 0 saturated carbocycles.